The summed E-state index contributed by atoms with van der Waals surface area (Å²) >= 11 is 0. The van der Waals surface area contributed by atoms with Crippen LogP contribution in [0.4, 0.5) is 5.82 Å². The largest absolute Gasteiger partial charge is 0.463 e. The molecule has 1 aromatic rings. The average Bonchev–Trinajstić information content (AvgIpc) is 2.98. The van der Waals surface area contributed by atoms with Crippen molar-refractivity contribution in [1.29, 1.82) is 0 Å². The Balaban J connectivity index is 1.79. The number of anilines is 1. The van der Waals surface area contributed by atoms with Crippen LogP contribution in [-0.2, 0) is 4.74 Å². The smallest absolute Gasteiger partial charge is 0.376 e. The molecule has 18 heavy (non-hydrogen) atoms. The van der Waals surface area contributed by atoms with Crippen LogP contribution in [0.25, 0.3) is 0 Å². The average molecular weight is 248 g/mol. The fourth-order valence-corrected chi connectivity index (χ4v) is 2.76. The van der Waals surface area contributed by atoms with Crippen LogP contribution >= 0.6 is 0 Å². The molecular weight excluding hydrogens is 232 g/mol. The second-order valence-corrected chi connectivity index (χ2v) is 4.81. The van der Waals surface area contributed by atoms with E-state index in [9.17, 15) is 4.79 Å². The van der Waals surface area contributed by atoms with E-state index in [2.05, 4.69) is 24.9 Å². The minimum atomic E-state index is -0.488. The molecule has 6 nitrogen and oxygen atoms in total. The molecule has 0 bridgehead atoms. The van der Waals surface area contributed by atoms with Gasteiger partial charge in [-0.05, 0) is 17.9 Å². The number of carbonyl (C=O) groups is 1. The topological polar surface area (TPSA) is 67.3 Å². The van der Waals surface area contributed by atoms with Crippen molar-refractivity contribution in [2.45, 2.75) is 0 Å². The first kappa shape index (κ1) is 11.4. The summed E-state index contributed by atoms with van der Waals surface area (Å²) in [5.74, 6) is 1.85. The summed E-state index contributed by atoms with van der Waals surface area (Å²) in [4.78, 5) is 21.8. The Morgan fingerprint density at radius 3 is 2.83 bits per heavy atom. The van der Waals surface area contributed by atoms with Crippen molar-refractivity contribution >= 4 is 11.8 Å². The summed E-state index contributed by atoms with van der Waals surface area (Å²) in [7, 11) is 1.34. The molecule has 2 aliphatic rings. The van der Waals surface area contributed by atoms with Crippen molar-refractivity contribution in [3.05, 3.63) is 18.1 Å². The highest BCUT2D eigenvalue weighted by Crippen LogP contribution is 2.29. The van der Waals surface area contributed by atoms with Crippen LogP contribution in [0.3, 0.4) is 0 Å². The van der Waals surface area contributed by atoms with Crippen LogP contribution in [-0.4, -0.2) is 49.2 Å². The van der Waals surface area contributed by atoms with Crippen LogP contribution in [0.2, 0.25) is 0 Å². The van der Waals surface area contributed by atoms with E-state index in [1.54, 1.807) is 6.20 Å². The fourth-order valence-electron chi connectivity index (χ4n) is 2.76. The van der Waals surface area contributed by atoms with E-state index in [1.807, 2.05) is 6.07 Å². The number of aromatic nitrogens is 2. The molecule has 0 aliphatic carbocycles. The highest BCUT2D eigenvalue weighted by Gasteiger charge is 2.36. The Morgan fingerprint density at radius 1 is 1.44 bits per heavy atom. The number of ether oxygens (including phenoxy) is 1. The maximum Gasteiger partial charge on any atom is 0.376 e. The van der Waals surface area contributed by atoms with Gasteiger partial charge in [-0.15, -0.1) is 0 Å². The number of hydrogen-bond acceptors (Lipinski definition) is 6. The maximum atomic E-state index is 11.4. The molecule has 6 heteroatoms. The Hall–Kier alpha value is -1.69. The maximum absolute atomic E-state index is 11.4. The molecule has 0 saturated carbocycles. The number of nitrogens with zero attached hydrogens (tertiary/aromatic N) is 3. The van der Waals surface area contributed by atoms with Gasteiger partial charge in [0.2, 0.25) is 5.82 Å². The van der Waals surface area contributed by atoms with Crippen molar-refractivity contribution < 1.29 is 9.53 Å². The molecule has 0 spiro atoms. The number of carbonyl (C=O) groups excluding carboxylic acids is 1. The fraction of sp³-hybridized carbons (Fsp3) is 0.583. The summed E-state index contributed by atoms with van der Waals surface area (Å²) in [5, 5.41) is 3.40. The lowest BCUT2D eigenvalue weighted by molar-refractivity contribution is 0.0587. The van der Waals surface area contributed by atoms with E-state index in [0.29, 0.717) is 11.8 Å². The standard InChI is InChI=1S/C12H16N4O2/c1-18-12(17)11-14-3-2-10(15-11)16-6-8-4-13-5-9(8)7-16/h2-3,8-9,13H,4-7H2,1H3. The molecule has 2 unspecified atom stereocenters. The minimum absolute atomic E-state index is 0.130. The molecule has 0 amide bonds. The summed E-state index contributed by atoms with van der Waals surface area (Å²) in [6.07, 6.45) is 1.61. The second kappa shape index (κ2) is 4.53. The summed E-state index contributed by atoms with van der Waals surface area (Å²) in [6.45, 7) is 4.15. The second-order valence-electron chi connectivity index (χ2n) is 4.81. The summed E-state index contributed by atoms with van der Waals surface area (Å²) in [6, 6.07) is 1.85. The van der Waals surface area contributed by atoms with Gasteiger partial charge in [-0.3, -0.25) is 0 Å². The zero-order chi connectivity index (χ0) is 12.5. The van der Waals surface area contributed by atoms with Gasteiger partial charge in [-0.25, -0.2) is 14.8 Å². The van der Waals surface area contributed by atoms with Gasteiger partial charge in [0.15, 0.2) is 0 Å². The number of methoxy groups -OCH3 is 1. The lowest BCUT2D eigenvalue weighted by atomic mass is 10.0. The number of fused-ring (bicyclic) bond motifs is 1. The molecule has 2 aliphatic heterocycles. The summed E-state index contributed by atoms with van der Waals surface area (Å²) < 4.78 is 4.64. The number of nitrogens with one attached hydrogen (secondary N) is 1. The highest BCUT2D eigenvalue weighted by atomic mass is 16.5. The minimum Gasteiger partial charge on any atom is -0.463 e. The van der Waals surface area contributed by atoms with Crippen LogP contribution < -0.4 is 10.2 Å². The number of hydrogen-bond donors (Lipinski definition) is 1. The lowest BCUT2D eigenvalue weighted by Gasteiger charge is -2.18. The van der Waals surface area contributed by atoms with Gasteiger partial charge in [0, 0.05) is 32.4 Å². The van der Waals surface area contributed by atoms with E-state index in [4.69, 9.17) is 0 Å². The molecule has 3 heterocycles. The Bertz CT molecular complexity index is 453. The first-order valence-corrected chi connectivity index (χ1v) is 6.15. The van der Waals surface area contributed by atoms with Crippen molar-refractivity contribution in [2.75, 3.05) is 38.2 Å². The Kier molecular flexibility index (Phi) is 2.87. The lowest BCUT2D eigenvalue weighted by Crippen LogP contribution is -2.26. The Labute approximate surface area is 105 Å². The molecule has 2 fully saturated rings. The van der Waals surface area contributed by atoms with Crippen LogP contribution in [0, 0.1) is 11.8 Å². The SMILES string of the molecule is COC(=O)c1nccc(N2CC3CNCC3C2)n1. The third-order valence-corrected chi connectivity index (χ3v) is 3.72. The Morgan fingerprint density at radius 2 is 2.17 bits per heavy atom. The molecule has 0 radical (unpaired) electrons. The first-order chi connectivity index (χ1) is 8.78. The molecule has 2 atom stereocenters. The van der Waals surface area contributed by atoms with Gasteiger partial charge in [0.25, 0.3) is 0 Å². The molecular formula is C12H16N4O2. The van der Waals surface area contributed by atoms with E-state index in [1.165, 1.54) is 7.11 Å². The zero-order valence-electron chi connectivity index (χ0n) is 10.3. The molecule has 1 aromatic heterocycles. The molecule has 3 rings (SSSR count). The van der Waals surface area contributed by atoms with Crippen LogP contribution in [0.1, 0.15) is 10.6 Å². The number of esters is 1. The van der Waals surface area contributed by atoms with Crippen LogP contribution in [0.15, 0.2) is 12.3 Å². The van der Waals surface area contributed by atoms with Crippen LogP contribution in [0.5, 0.6) is 0 Å². The summed E-state index contributed by atoms with van der Waals surface area (Å²) in [5.41, 5.74) is 0. The van der Waals surface area contributed by atoms with Gasteiger partial charge in [-0.2, -0.15) is 0 Å². The number of rotatable bonds is 2. The van der Waals surface area contributed by atoms with Gasteiger partial charge in [0.1, 0.15) is 5.82 Å². The van der Waals surface area contributed by atoms with Crippen molar-refractivity contribution in [3.8, 4) is 0 Å². The normalized spacial score (nSPS) is 26.2. The predicted molar refractivity (Wildman–Crippen MR) is 65.4 cm³/mol. The molecule has 1 N–H and O–H groups in total. The van der Waals surface area contributed by atoms with Crippen molar-refractivity contribution in [1.82, 2.24) is 15.3 Å². The molecule has 0 aromatic carbocycles. The highest BCUT2D eigenvalue weighted by molar-refractivity contribution is 5.85. The first-order valence-electron chi connectivity index (χ1n) is 6.15. The van der Waals surface area contributed by atoms with E-state index in [-0.39, 0.29) is 5.82 Å². The van der Waals surface area contributed by atoms with E-state index in [0.717, 1.165) is 32.0 Å². The molecule has 2 saturated heterocycles. The van der Waals surface area contributed by atoms with Crippen molar-refractivity contribution in [2.24, 2.45) is 11.8 Å². The van der Waals surface area contributed by atoms with Gasteiger partial charge in [-0.1, -0.05) is 0 Å². The third-order valence-electron chi connectivity index (χ3n) is 3.72. The van der Waals surface area contributed by atoms with Gasteiger partial charge >= 0.3 is 5.97 Å². The van der Waals surface area contributed by atoms with E-state index >= 15 is 0 Å². The van der Waals surface area contributed by atoms with E-state index < -0.39 is 5.97 Å². The predicted octanol–water partition coefficient (Wildman–Crippen LogP) is -0.0812. The third kappa shape index (κ3) is 1.92. The monoisotopic (exact) mass is 248 g/mol. The molecule has 96 valence electrons. The van der Waals surface area contributed by atoms with Crippen molar-refractivity contribution in [3.63, 3.8) is 0 Å². The zero-order valence-corrected chi connectivity index (χ0v) is 10.3. The van der Waals surface area contributed by atoms with Gasteiger partial charge < -0.3 is 15.0 Å². The quantitative estimate of drug-likeness (QED) is 0.738. The van der Waals surface area contributed by atoms with Gasteiger partial charge in [0.05, 0.1) is 7.11 Å².